The molecule has 0 aromatic carbocycles. The number of hydrogen-bond acceptors (Lipinski definition) is 5. The molecule has 3 heterocycles. The summed E-state index contributed by atoms with van der Waals surface area (Å²) in [5, 5.41) is 0. The Hall–Kier alpha value is -1.89. The van der Waals surface area contributed by atoms with Crippen LogP contribution in [-0.4, -0.2) is 83.1 Å². The van der Waals surface area contributed by atoms with Crippen LogP contribution in [0.15, 0.2) is 12.4 Å². The maximum atomic E-state index is 12.6. The molecule has 7 nitrogen and oxygen atoms in total. The minimum atomic E-state index is 0.0917. The van der Waals surface area contributed by atoms with Crippen molar-refractivity contribution in [3.63, 3.8) is 0 Å². The third kappa shape index (κ3) is 4.14. The summed E-state index contributed by atoms with van der Waals surface area (Å²) in [5.74, 6) is 0. The van der Waals surface area contributed by atoms with Gasteiger partial charge < -0.3 is 19.4 Å². The molecule has 3 rings (SSSR count). The minimum absolute atomic E-state index is 0.0917. The van der Waals surface area contributed by atoms with Crippen LogP contribution in [0.2, 0.25) is 0 Å². The Labute approximate surface area is 143 Å². The molecule has 0 saturated carbocycles. The lowest BCUT2D eigenvalue weighted by Crippen LogP contribution is -2.54. The van der Waals surface area contributed by atoms with Gasteiger partial charge in [0.05, 0.1) is 0 Å². The molecule has 2 saturated heterocycles. The SMILES string of the molecule is CCc1cnc(OC2CCN(C(=O)N3CCN(C)CC3)CC2)nc1. The molecule has 24 heavy (non-hydrogen) atoms. The molecule has 0 radical (unpaired) electrons. The van der Waals surface area contributed by atoms with Crippen molar-refractivity contribution in [1.82, 2.24) is 24.7 Å². The fraction of sp³-hybridized carbons (Fsp3) is 0.706. The number of nitrogens with zero attached hydrogens (tertiary/aromatic N) is 5. The average molecular weight is 333 g/mol. The van der Waals surface area contributed by atoms with Crippen LogP contribution < -0.4 is 4.74 Å². The molecule has 132 valence electrons. The van der Waals surface area contributed by atoms with Crippen molar-refractivity contribution in [3.8, 4) is 6.01 Å². The molecule has 0 spiro atoms. The number of urea groups is 1. The van der Waals surface area contributed by atoms with Crippen molar-refractivity contribution in [2.75, 3.05) is 46.3 Å². The van der Waals surface area contributed by atoms with Gasteiger partial charge in [-0.25, -0.2) is 14.8 Å². The predicted octanol–water partition coefficient (Wildman–Crippen LogP) is 1.25. The number of piperidine rings is 1. The Morgan fingerprint density at radius 3 is 2.25 bits per heavy atom. The number of likely N-dealkylation sites (N-methyl/N-ethyl adjacent to an activating group) is 1. The molecule has 0 unspecified atom stereocenters. The number of likely N-dealkylation sites (tertiary alicyclic amines) is 1. The Morgan fingerprint density at radius 1 is 1.08 bits per heavy atom. The summed E-state index contributed by atoms with van der Waals surface area (Å²) >= 11 is 0. The molecule has 2 aliphatic heterocycles. The Morgan fingerprint density at radius 2 is 1.67 bits per heavy atom. The quantitative estimate of drug-likeness (QED) is 0.833. The van der Waals surface area contributed by atoms with E-state index in [-0.39, 0.29) is 12.1 Å². The van der Waals surface area contributed by atoms with E-state index in [2.05, 4.69) is 28.8 Å². The van der Waals surface area contributed by atoms with E-state index >= 15 is 0 Å². The summed E-state index contributed by atoms with van der Waals surface area (Å²) in [7, 11) is 2.10. The van der Waals surface area contributed by atoms with Crippen molar-refractivity contribution in [1.29, 1.82) is 0 Å². The van der Waals surface area contributed by atoms with E-state index in [0.717, 1.165) is 64.1 Å². The normalized spacial score (nSPS) is 20.2. The summed E-state index contributed by atoms with van der Waals surface area (Å²) in [6, 6.07) is 0.612. The minimum Gasteiger partial charge on any atom is -0.460 e. The zero-order valence-corrected chi connectivity index (χ0v) is 14.6. The molecule has 1 aromatic heterocycles. The van der Waals surface area contributed by atoms with Crippen LogP contribution in [0.1, 0.15) is 25.3 Å². The fourth-order valence-electron chi connectivity index (χ4n) is 3.10. The van der Waals surface area contributed by atoms with Crippen molar-refractivity contribution < 1.29 is 9.53 Å². The summed E-state index contributed by atoms with van der Waals surface area (Å²) in [5.41, 5.74) is 1.11. The molecule has 0 N–H and O–H groups in total. The van der Waals surface area contributed by atoms with Gasteiger partial charge in [0.1, 0.15) is 6.10 Å². The van der Waals surface area contributed by atoms with E-state index in [4.69, 9.17) is 4.74 Å². The maximum absolute atomic E-state index is 12.6. The third-order valence-electron chi connectivity index (χ3n) is 4.85. The first-order valence-electron chi connectivity index (χ1n) is 8.85. The number of carbonyl (C=O) groups excluding carboxylic acids is 1. The number of piperazine rings is 1. The third-order valence-corrected chi connectivity index (χ3v) is 4.85. The van der Waals surface area contributed by atoms with Crippen molar-refractivity contribution in [2.24, 2.45) is 0 Å². The highest BCUT2D eigenvalue weighted by atomic mass is 16.5. The van der Waals surface area contributed by atoms with Gasteiger partial charge in [0, 0.05) is 64.5 Å². The van der Waals surface area contributed by atoms with Crippen LogP contribution in [0, 0.1) is 0 Å². The molecule has 7 heteroatoms. The van der Waals surface area contributed by atoms with E-state index in [1.807, 2.05) is 22.2 Å². The molecular weight excluding hydrogens is 306 g/mol. The highest BCUT2D eigenvalue weighted by Gasteiger charge is 2.28. The second kappa shape index (κ2) is 7.79. The van der Waals surface area contributed by atoms with E-state index in [9.17, 15) is 4.79 Å². The van der Waals surface area contributed by atoms with Crippen molar-refractivity contribution >= 4 is 6.03 Å². The van der Waals surface area contributed by atoms with E-state index in [1.54, 1.807) is 0 Å². The number of amides is 2. The predicted molar refractivity (Wildman–Crippen MR) is 91.1 cm³/mol. The van der Waals surface area contributed by atoms with Crippen LogP contribution in [-0.2, 0) is 6.42 Å². The van der Waals surface area contributed by atoms with Crippen LogP contribution in [0.25, 0.3) is 0 Å². The molecule has 2 fully saturated rings. The van der Waals surface area contributed by atoms with Crippen LogP contribution in [0.5, 0.6) is 6.01 Å². The van der Waals surface area contributed by atoms with Gasteiger partial charge in [0.2, 0.25) is 0 Å². The standard InChI is InChI=1S/C17H27N5O2/c1-3-14-12-18-16(19-13-14)24-15-4-6-21(7-5-15)17(23)22-10-8-20(2)9-11-22/h12-13,15H,3-11H2,1-2H3. The van der Waals surface area contributed by atoms with Crippen LogP contribution in [0.4, 0.5) is 4.79 Å². The van der Waals surface area contributed by atoms with Gasteiger partial charge in [-0.2, -0.15) is 0 Å². The molecular formula is C17H27N5O2. The molecule has 2 amide bonds. The highest BCUT2D eigenvalue weighted by Crippen LogP contribution is 2.17. The number of ether oxygens (including phenoxy) is 1. The lowest BCUT2D eigenvalue weighted by Gasteiger charge is -2.38. The molecule has 0 atom stereocenters. The Balaban J connectivity index is 1.45. The fourth-order valence-corrected chi connectivity index (χ4v) is 3.10. The second-order valence-corrected chi connectivity index (χ2v) is 6.60. The topological polar surface area (TPSA) is 61.8 Å². The molecule has 1 aromatic rings. The summed E-state index contributed by atoms with van der Waals surface area (Å²) < 4.78 is 5.86. The first kappa shape index (κ1) is 17.0. The number of hydrogen-bond donors (Lipinski definition) is 0. The van der Waals surface area contributed by atoms with Crippen LogP contribution >= 0.6 is 0 Å². The highest BCUT2D eigenvalue weighted by molar-refractivity contribution is 5.74. The molecule has 0 bridgehead atoms. The monoisotopic (exact) mass is 333 g/mol. The maximum Gasteiger partial charge on any atom is 0.320 e. The van der Waals surface area contributed by atoms with E-state index in [1.165, 1.54) is 0 Å². The van der Waals surface area contributed by atoms with Crippen molar-refractivity contribution in [2.45, 2.75) is 32.3 Å². The first-order chi connectivity index (χ1) is 11.7. The lowest BCUT2D eigenvalue weighted by atomic mass is 10.1. The van der Waals surface area contributed by atoms with Gasteiger partial charge in [-0.05, 0) is 19.0 Å². The van der Waals surface area contributed by atoms with Gasteiger partial charge in [-0.3, -0.25) is 0 Å². The second-order valence-electron chi connectivity index (χ2n) is 6.60. The smallest absolute Gasteiger partial charge is 0.320 e. The number of aromatic nitrogens is 2. The zero-order chi connectivity index (χ0) is 16.9. The summed E-state index contributed by atoms with van der Waals surface area (Å²) in [4.78, 5) is 27.2. The number of rotatable bonds is 3. The average Bonchev–Trinajstić information content (AvgIpc) is 2.63. The van der Waals surface area contributed by atoms with E-state index in [0.29, 0.717) is 6.01 Å². The first-order valence-corrected chi connectivity index (χ1v) is 8.85. The summed E-state index contributed by atoms with van der Waals surface area (Å²) in [6.45, 7) is 7.11. The van der Waals surface area contributed by atoms with Crippen LogP contribution in [0.3, 0.4) is 0 Å². The lowest BCUT2D eigenvalue weighted by molar-refractivity contribution is 0.0799. The summed E-state index contributed by atoms with van der Waals surface area (Å²) in [6.07, 6.45) is 6.31. The molecule has 0 aliphatic carbocycles. The largest absolute Gasteiger partial charge is 0.460 e. The van der Waals surface area contributed by atoms with Crippen molar-refractivity contribution in [3.05, 3.63) is 18.0 Å². The van der Waals surface area contributed by atoms with Gasteiger partial charge in [0.15, 0.2) is 0 Å². The number of aryl methyl sites for hydroxylation is 1. The Bertz CT molecular complexity index is 534. The van der Waals surface area contributed by atoms with Gasteiger partial charge >= 0.3 is 12.0 Å². The molecule has 2 aliphatic rings. The Kier molecular flexibility index (Phi) is 5.50. The van der Waals surface area contributed by atoms with Gasteiger partial charge in [-0.15, -0.1) is 0 Å². The number of carbonyl (C=O) groups is 1. The van der Waals surface area contributed by atoms with Gasteiger partial charge in [-0.1, -0.05) is 6.92 Å². The van der Waals surface area contributed by atoms with E-state index < -0.39 is 0 Å². The van der Waals surface area contributed by atoms with Gasteiger partial charge in [0.25, 0.3) is 0 Å². The zero-order valence-electron chi connectivity index (χ0n) is 14.6.